The molecule has 1 rings (SSSR count). The minimum Gasteiger partial charge on any atom is -0.318 e. The molecule has 0 radical (unpaired) electrons. The van der Waals surface area contributed by atoms with Crippen molar-refractivity contribution in [2.45, 2.75) is 11.5 Å². The second-order valence-corrected chi connectivity index (χ2v) is 3.75. The van der Waals surface area contributed by atoms with Gasteiger partial charge in [0.05, 0.1) is 4.92 Å². The molecular weight excluding hydrogens is 321 g/mol. The predicted octanol–water partition coefficient (Wildman–Crippen LogP) is 2.99. The van der Waals surface area contributed by atoms with E-state index in [1.165, 1.54) is 6.07 Å². The minimum atomic E-state index is -5.04. The Kier molecular flexibility index (Phi) is 4.28. The van der Waals surface area contributed by atoms with Gasteiger partial charge in [0.15, 0.2) is 0 Å². The van der Waals surface area contributed by atoms with Gasteiger partial charge in [-0.3, -0.25) is 14.9 Å². The molecule has 0 fully saturated rings. The molecule has 1 N–H and O–H groups in total. The summed E-state index contributed by atoms with van der Waals surface area (Å²) in [6.07, 6.45) is -5.04. The normalized spacial score (nSPS) is 11.1. The maximum absolute atomic E-state index is 12.0. The first kappa shape index (κ1) is 14.4. The summed E-state index contributed by atoms with van der Waals surface area (Å²) in [5, 5.41) is 12.4. The average molecular weight is 327 g/mol. The molecule has 0 aliphatic heterocycles. The van der Waals surface area contributed by atoms with E-state index >= 15 is 0 Å². The van der Waals surface area contributed by atoms with Crippen molar-refractivity contribution in [3.8, 4) is 0 Å². The summed E-state index contributed by atoms with van der Waals surface area (Å²) in [4.78, 5) is 20.6. The number of amides is 1. The Morgan fingerprint density at radius 3 is 2.50 bits per heavy atom. The maximum Gasteiger partial charge on any atom is 0.471 e. The quantitative estimate of drug-likeness (QED) is 0.527. The zero-order valence-corrected chi connectivity index (χ0v) is 10.2. The van der Waals surface area contributed by atoms with Gasteiger partial charge in [-0.1, -0.05) is 15.9 Å². The van der Waals surface area contributed by atoms with Gasteiger partial charge in [-0.2, -0.15) is 13.2 Å². The summed E-state index contributed by atoms with van der Waals surface area (Å²) in [6.45, 7) is 0. The number of carbonyl (C=O) groups is 1. The SMILES string of the molecule is O=C(Nc1ccc(CBr)c([N+](=O)[O-])c1)C(F)(F)F. The van der Waals surface area contributed by atoms with Crippen LogP contribution in [0.25, 0.3) is 0 Å². The van der Waals surface area contributed by atoms with Gasteiger partial charge in [0.25, 0.3) is 5.69 Å². The fourth-order valence-corrected chi connectivity index (χ4v) is 1.60. The Bertz CT molecular complexity index is 490. The molecule has 0 spiro atoms. The number of rotatable bonds is 3. The van der Waals surface area contributed by atoms with Crippen molar-refractivity contribution in [3.05, 3.63) is 33.9 Å². The maximum atomic E-state index is 12.0. The number of nitrogens with one attached hydrogen (secondary N) is 1. The van der Waals surface area contributed by atoms with E-state index in [-0.39, 0.29) is 16.7 Å². The van der Waals surface area contributed by atoms with Crippen LogP contribution in [0.3, 0.4) is 0 Å². The number of nitro groups is 1. The van der Waals surface area contributed by atoms with Crippen LogP contribution in [0.4, 0.5) is 24.5 Å². The van der Waals surface area contributed by atoms with Crippen molar-refractivity contribution in [3.63, 3.8) is 0 Å². The van der Waals surface area contributed by atoms with Gasteiger partial charge in [0.2, 0.25) is 0 Å². The van der Waals surface area contributed by atoms with E-state index < -0.39 is 17.0 Å². The van der Waals surface area contributed by atoms with Crippen LogP contribution < -0.4 is 5.32 Å². The van der Waals surface area contributed by atoms with Crippen molar-refractivity contribution in [2.24, 2.45) is 0 Å². The zero-order chi connectivity index (χ0) is 13.9. The molecule has 0 atom stereocenters. The third kappa shape index (κ3) is 3.42. The number of anilines is 1. The standard InChI is InChI=1S/C9H6BrF3N2O3/c10-4-5-1-2-6(3-7(5)15(17)18)14-8(16)9(11,12)13/h1-3H,4H2,(H,14,16). The van der Waals surface area contributed by atoms with E-state index in [1.54, 1.807) is 5.32 Å². The highest BCUT2D eigenvalue weighted by Gasteiger charge is 2.38. The number of benzene rings is 1. The average Bonchev–Trinajstić information content (AvgIpc) is 2.27. The molecule has 1 aromatic carbocycles. The number of halogens is 4. The summed E-state index contributed by atoms with van der Waals surface area (Å²) in [5.74, 6) is -2.18. The van der Waals surface area contributed by atoms with E-state index in [0.717, 1.165) is 12.1 Å². The zero-order valence-electron chi connectivity index (χ0n) is 8.62. The minimum absolute atomic E-state index is 0.177. The van der Waals surface area contributed by atoms with E-state index in [9.17, 15) is 28.1 Å². The molecule has 18 heavy (non-hydrogen) atoms. The Morgan fingerprint density at radius 1 is 1.44 bits per heavy atom. The lowest BCUT2D eigenvalue weighted by atomic mass is 10.2. The summed E-state index contributed by atoms with van der Waals surface area (Å²) < 4.78 is 36.0. The number of nitrogens with zero attached hydrogens (tertiary/aromatic N) is 1. The highest BCUT2D eigenvalue weighted by Crippen LogP contribution is 2.26. The lowest BCUT2D eigenvalue weighted by Crippen LogP contribution is -2.29. The molecule has 0 saturated carbocycles. The summed E-state index contributed by atoms with van der Waals surface area (Å²) >= 11 is 3.01. The molecule has 98 valence electrons. The molecule has 1 amide bonds. The smallest absolute Gasteiger partial charge is 0.318 e. The Labute approximate surface area is 107 Å². The molecule has 0 saturated heterocycles. The predicted molar refractivity (Wildman–Crippen MR) is 60.4 cm³/mol. The number of carbonyl (C=O) groups excluding carboxylic acids is 1. The number of alkyl halides is 4. The molecule has 0 unspecified atom stereocenters. The molecular formula is C9H6BrF3N2O3. The molecule has 0 bridgehead atoms. The van der Waals surface area contributed by atoms with Crippen LogP contribution in [-0.4, -0.2) is 17.0 Å². The van der Waals surface area contributed by atoms with Gasteiger partial charge in [-0.05, 0) is 12.1 Å². The van der Waals surface area contributed by atoms with Crippen LogP contribution in [0.5, 0.6) is 0 Å². The molecule has 0 aliphatic rings. The topological polar surface area (TPSA) is 72.2 Å². The molecule has 5 nitrogen and oxygen atoms in total. The second-order valence-electron chi connectivity index (χ2n) is 3.19. The monoisotopic (exact) mass is 326 g/mol. The Morgan fingerprint density at radius 2 is 2.06 bits per heavy atom. The van der Waals surface area contributed by atoms with Crippen molar-refractivity contribution in [1.29, 1.82) is 0 Å². The number of hydrogen-bond acceptors (Lipinski definition) is 3. The van der Waals surface area contributed by atoms with Gasteiger partial charge >= 0.3 is 12.1 Å². The fourth-order valence-electron chi connectivity index (χ4n) is 1.13. The van der Waals surface area contributed by atoms with Crippen LogP contribution in [-0.2, 0) is 10.1 Å². The molecule has 9 heteroatoms. The number of nitro benzene ring substituents is 1. The molecule has 1 aromatic rings. The van der Waals surface area contributed by atoms with Gasteiger partial charge in [-0.25, -0.2) is 0 Å². The van der Waals surface area contributed by atoms with Crippen molar-refractivity contribution < 1.29 is 22.9 Å². The molecule has 0 heterocycles. The third-order valence-electron chi connectivity index (χ3n) is 1.94. The molecule has 0 aliphatic carbocycles. The van der Waals surface area contributed by atoms with Crippen LogP contribution in [0.1, 0.15) is 5.56 Å². The summed E-state index contributed by atoms with van der Waals surface area (Å²) in [6, 6.07) is 3.30. The molecule has 0 aromatic heterocycles. The lowest BCUT2D eigenvalue weighted by Gasteiger charge is -2.08. The Hall–Kier alpha value is -1.64. The van der Waals surface area contributed by atoms with Crippen LogP contribution >= 0.6 is 15.9 Å². The van der Waals surface area contributed by atoms with Gasteiger partial charge < -0.3 is 5.32 Å². The first-order valence-electron chi connectivity index (χ1n) is 4.47. The van der Waals surface area contributed by atoms with E-state index in [0.29, 0.717) is 5.56 Å². The highest BCUT2D eigenvalue weighted by molar-refractivity contribution is 9.08. The van der Waals surface area contributed by atoms with Gasteiger partial charge in [-0.15, -0.1) is 0 Å². The third-order valence-corrected chi connectivity index (χ3v) is 2.55. The van der Waals surface area contributed by atoms with Crippen molar-refractivity contribution in [1.82, 2.24) is 0 Å². The van der Waals surface area contributed by atoms with Gasteiger partial charge in [0, 0.05) is 22.6 Å². The second kappa shape index (κ2) is 5.34. The van der Waals surface area contributed by atoms with Crippen molar-refractivity contribution >= 4 is 33.2 Å². The van der Waals surface area contributed by atoms with Crippen LogP contribution in [0, 0.1) is 10.1 Å². The summed E-state index contributed by atoms with van der Waals surface area (Å²) in [5.41, 5.74) is -0.356. The van der Waals surface area contributed by atoms with Crippen LogP contribution in [0.2, 0.25) is 0 Å². The van der Waals surface area contributed by atoms with Crippen molar-refractivity contribution in [2.75, 3.05) is 5.32 Å². The fraction of sp³-hybridized carbons (Fsp3) is 0.222. The van der Waals surface area contributed by atoms with Crippen LogP contribution in [0.15, 0.2) is 18.2 Å². The largest absolute Gasteiger partial charge is 0.471 e. The first-order chi connectivity index (χ1) is 8.25. The lowest BCUT2D eigenvalue weighted by molar-refractivity contribution is -0.385. The first-order valence-corrected chi connectivity index (χ1v) is 5.59. The van der Waals surface area contributed by atoms with Gasteiger partial charge in [0.1, 0.15) is 0 Å². The highest BCUT2D eigenvalue weighted by atomic mass is 79.9. The summed E-state index contributed by atoms with van der Waals surface area (Å²) in [7, 11) is 0. The number of hydrogen-bond donors (Lipinski definition) is 1. The Balaban J connectivity index is 3.03. The van der Waals surface area contributed by atoms with E-state index in [1.807, 2.05) is 0 Å². The van der Waals surface area contributed by atoms with E-state index in [2.05, 4.69) is 15.9 Å². The van der Waals surface area contributed by atoms with E-state index in [4.69, 9.17) is 0 Å².